The fraction of sp³-hybridized carbons (Fsp3) is 0.692. The summed E-state index contributed by atoms with van der Waals surface area (Å²) < 4.78 is 27.4. The molecule has 3 N–H and O–H groups in total. The summed E-state index contributed by atoms with van der Waals surface area (Å²) in [6.45, 7) is 7.67. The second kappa shape index (κ2) is 4.84. The first kappa shape index (κ1) is 15.0. The topological polar surface area (TPSA) is 72.2 Å². The summed E-state index contributed by atoms with van der Waals surface area (Å²) in [5.74, 6) is 1.16. The minimum absolute atomic E-state index is 0.0291. The Balaban J connectivity index is 2.17. The van der Waals surface area contributed by atoms with Gasteiger partial charge in [0.2, 0.25) is 0 Å². The molecule has 1 aromatic heterocycles. The van der Waals surface area contributed by atoms with Crippen LogP contribution in [0.15, 0.2) is 16.3 Å². The molecule has 2 unspecified atom stereocenters. The summed E-state index contributed by atoms with van der Waals surface area (Å²) in [5, 5.41) is 0. The zero-order valence-corrected chi connectivity index (χ0v) is 13.4. The van der Waals surface area contributed by atoms with Gasteiger partial charge in [0, 0.05) is 16.5 Å². The third-order valence-corrected chi connectivity index (χ3v) is 6.71. The largest absolute Gasteiger partial charge is 0.323 e. The second-order valence-electron chi connectivity index (χ2n) is 6.41. The van der Waals surface area contributed by atoms with Gasteiger partial charge in [0.25, 0.3) is 10.0 Å². The first-order valence-corrected chi connectivity index (χ1v) is 8.79. The highest BCUT2D eigenvalue weighted by atomic mass is 32.2. The van der Waals surface area contributed by atoms with Gasteiger partial charge < -0.3 is 5.73 Å². The van der Waals surface area contributed by atoms with Gasteiger partial charge in [-0.15, -0.1) is 11.3 Å². The van der Waals surface area contributed by atoms with Crippen molar-refractivity contribution in [2.24, 2.45) is 17.6 Å². The molecule has 0 spiro atoms. The molecule has 2 rings (SSSR count). The maximum absolute atomic E-state index is 12.2. The molecule has 0 aromatic carbocycles. The molecule has 1 aromatic rings. The number of hydrogen-bond acceptors (Lipinski definition) is 4. The summed E-state index contributed by atoms with van der Waals surface area (Å²) in [6.07, 6.45) is 1.14. The number of hydrogen-bond donors (Lipinski definition) is 2. The molecule has 1 aliphatic carbocycles. The quantitative estimate of drug-likeness (QED) is 0.897. The van der Waals surface area contributed by atoms with E-state index >= 15 is 0 Å². The molecule has 6 heteroatoms. The van der Waals surface area contributed by atoms with Gasteiger partial charge in [-0.05, 0) is 51.2 Å². The van der Waals surface area contributed by atoms with E-state index in [9.17, 15) is 8.42 Å². The zero-order valence-electron chi connectivity index (χ0n) is 11.8. The predicted molar refractivity (Wildman–Crippen MR) is 78.6 cm³/mol. The van der Waals surface area contributed by atoms with Crippen molar-refractivity contribution in [3.63, 3.8) is 0 Å². The van der Waals surface area contributed by atoms with Crippen molar-refractivity contribution >= 4 is 21.4 Å². The molecule has 0 radical (unpaired) electrons. The molecule has 0 amide bonds. The van der Waals surface area contributed by atoms with Crippen LogP contribution in [-0.2, 0) is 10.0 Å². The maximum atomic E-state index is 12.2. The number of thiophene rings is 1. The van der Waals surface area contributed by atoms with Gasteiger partial charge in [-0.3, -0.25) is 0 Å². The summed E-state index contributed by atoms with van der Waals surface area (Å²) in [5.41, 5.74) is 5.69. The normalized spacial score (nSPS) is 25.3. The van der Waals surface area contributed by atoms with E-state index < -0.39 is 15.6 Å². The number of sulfonamides is 1. The molecule has 0 aliphatic heterocycles. The van der Waals surface area contributed by atoms with Gasteiger partial charge in [0.1, 0.15) is 4.21 Å². The van der Waals surface area contributed by atoms with Gasteiger partial charge in [0.15, 0.2) is 0 Å². The third-order valence-electron chi connectivity index (χ3n) is 3.27. The van der Waals surface area contributed by atoms with Crippen molar-refractivity contribution in [3.8, 4) is 0 Å². The van der Waals surface area contributed by atoms with Crippen LogP contribution in [0.2, 0.25) is 0 Å². The molecule has 1 heterocycles. The third kappa shape index (κ3) is 3.56. The molecule has 1 fully saturated rings. The predicted octanol–water partition coefficient (Wildman–Crippen LogP) is 2.48. The number of nitrogens with two attached hydrogens (primary N) is 1. The van der Waals surface area contributed by atoms with E-state index in [1.54, 1.807) is 6.07 Å². The van der Waals surface area contributed by atoms with Crippen LogP contribution in [0.3, 0.4) is 0 Å². The zero-order chi connectivity index (χ0) is 14.4. The molecule has 1 aliphatic rings. The van der Waals surface area contributed by atoms with Crippen molar-refractivity contribution in [3.05, 3.63) is 17.0 Å². The summed E-state index contributed by atoms with van der Waals surface area (Å²) in [7, 11) is -3.44. The van der Waals surface area contributed by atoms with E-state index in [1.807, 2.05) is 26.8 Å². The van der Waals surface area contributed by atoms with Crippen LogP contribution in [0.4, 0.5) is 0 Å². The van der Waals surface area contributed by atoms with E-state index in [-0.39, 0.29) is 6.04 Å². The Morgan fingerprint density at radius 1 is 1.42 bits per heavy atom. The van der Waals surface area contributed by atoms with Crippen molar-refractivity contribution in [1.29, 1.82) is 0 Å². The van der Waals surface area contributed by atoms with E-state index in [2.05, 4.69) is 11.6 Å². The Labute approximate surface area is 119 Å². The summed E-state index contributed by atoms with van der Waals surface area (Å²) in [4.78, 5) is 0.962. The van der Waals surface area contributed by atoms with Crippen LogP contribution in [0.5, 0.6) is 0 Å². The number of rotatable bonds is 4. The molecule has 0 bridgehead atoms. The molecular formula is C13H22N2O2S2. The average Bonchev–Trinajstić information content (AvgIpc) is 2.78. The monoisotopic (exact) mass is 302 g/mol. The van der Waals surface area contributed by atoms with Crippen LogP contribution in [0.25, 0.3) is 0 Å². The molecule has 3 atom stereocenters. The van der Waals surface area contributed by atoms with Gasteiger partial charge in [-0.1, -0.05) is 6.92 Å². The van der Waals surface area contributed by atoms with Gasteiger partial charge in [-0.25, -0.2) is 13.1 Å². The van der Waals surface area contributed by atoms with Crippen molar-refractivity contribution in [2.75, 3.05) is 0 Å². The lowest BCUT2D eigenvalue weighted by molar-refractivity contribution is 0.492. The fourth-order valence-corrected chi connectivity index (χ4v) is 5.00. The van der Waals surface area contributed by atoms with E-state index in [1.165, 1.54) is 11.3 Å². The minimum Gasteiger partial charge on any atom is -0.323 e. The van der Waals surface area contributed by atoms with Gasteiger partial charge in [0.05, 0.1) is 0 Å². The average molecular weight is 302 g/mol. The maximum Gasteiger partial charge on any atom is 0.250 e. The summed E-state index contributed by atoms with van der Waals surface area (Å²) in [6, 6.07) is 3.47. The highest BCUT2D eigenvalue weighted by Crippen LogP contribution is 2.47. The Hall–Kier alpha value is -0.430. The first-order chi connectivity index (χ1) is 8.60. The van der Waals surface area contributed by atoms with Crippen molar-refractivity contribution in [2.45, 2.75) is 49.9 Å². The Morgan fingerprint density at radius 2 is 2.00 bits per heavy atom. The molecule has 19 heavy (non-hydrogen) atoms. The molecule has 4 nitrogen and oxygen atoms in total. The van der Waals surface area contributed by atoms with E-state index in [4.69, 9.17) is 5.73 Å². The Kier molecular flexibility index (Phi) is 3.81. The van der Waals surface area contributed by atoms with Crippen molar-refractivity contribution < 1.29 is 8.42 Å². The lowest BCUT2D eigenvalue weighted by Crippen LogP contribution is -2.40. The molecule has 108 valence electrons. The van der Waals surface area contributed by atoms with E-state index in [0.29, 0.717) is 16.0 Å². The van der Waals surface area contributed by atoms with Crippen LogP contribution in [0.1, 0.15) is 45.0 Å². The first-order valence-electron chi connectivity index (χ1n) is 6.49. The lowest BCUT2D eigenvalue weighted by atomic mass is 10.1. The van der Waals surface area contributed by atoms with Crippen LogP contribution in [0, 0.1) is 11.8 Å². The number of nitrogens with one attached hydrogen (secondary N) is 1. The lowest BCUT2D eigenvalue weighted by Gasteiger charge is -2.19. The Morgan fingerprint density at radius 3 is 2.47 bits per heavy atom. The second-order valence-corrected chi connectivity index (χ2v) is 9.44. The highest BCUT2D eigenvalue weighted by Gasteiger charge is 2.39. The summed E-state index contributed by atoms with van der Waals surface area (Å²) >= 11 is 1.28. The highest BCUT2D eigenvalue weighted by molar-refractivity contribution is 7.91. The smallest absolute Gasteiger partial charge is 0.250 e. The van der Waals surface area contributed by atoms with Crippen LogP contribution in [-0.4, -0.2) is 14.0 Å². The minimum atomic E-state index is -3.44. The molecule has 0 saturated heterocycles. The fourth-order valence-electron chi connectivity index (χ4n) is 2.17. The van der Waals surface area contributed by atoms with Crippen LogP contribution >= 0.6 is 11.3 Å². The molecular weight excluding hydrogens is 280 g/mol. The van der Waals surface area contributed by atoms with Gasteiger partial charge in [-0.2, -0.15) is 0 Å². The van der Waals surface area contributed by atoms with E-state index in [0.717, 1.165) is 11.3 Å². The van der Waals surface area contributed by atoms with Gasteiger partial charge >= 0.3 is 0 Å². The van der Waals surface area contributed by atoms with Crippen molar-refractivity contribution in [1.82, 2.24) is 4.72 Å². The standard InChI is InChI=1S/C13H22N2O2S2/c1-8-7-9(8)12(14)10-5-6-11(18-10)19(16,17)15-13(2,3)4/h5-6,8-9,12,15H,7,14H2,1-4H3/t8-,9?,12?/m0/s1. The van der Waals surface area contributed by atoms with Crippen LogP contribution < -0.4 is 10.5 Å². The molecule has 1 saturated carbocycles. The Bertz CT molecular complexity index is 557. The SMILES string of the molecule is C[C@H]1CC1C(N)c1ccc(S(=O)(=O)NC(C)(C)C)s1.